The first kappa shape index (κ1) is 23.2. The van der Waals surface area contributed by atoms with Crippen molar-refractivity contribution in [3.8, 4) is 0 Å². The molecule has 0 saturated carbocycles. The third kappa shape index (κ3) is 5.33. The van der Waals surface area contributed by atoms with Gasteiger partial charge < -0.3 is 14.7 Å². The van der Waals surface area contributed by atoms with Crippen molar-refractivity contribution in [2.24, 2.45) is 0 Å². The monoisotopic (exact) mass is 466 g/mol. The van der Waals surface area contributed by atoms with E-state index in [9.17, 15) is 13.2 Å². The summed E-state index contributed by atoms with van der Waals surface area (Å²) < 4.78 is 41.2. The number of benzene rings is 2. The van der Waals surface area contributed by atoms with Gasteiger partial charge in [-0.3, -0.25) is 4.90 Å². The smallest absolute Gasteiger partial charge is 0.370 e. The third-order valence-corrected chi connectivity index (χ3v) is 6.86. The molecule has 0 N–H and O–H groups in total. The molecule has 32 heavy (non-hydrogen) atoms. The van der Waals surface area contributed by atoms with E-state index in [1.54, 1.807) is 12.1 Å². The molecule has 2 saturated heterocycles. The number of alkyl halides is 3. The SMILES string of the molecule is CN(C)C1CCN(c2ccc(C(F)(F)F)c(CN3CCN(c4ccc(Cl)cc4)CC3)c2)C1. The molecular formula is C24H30ClF3N4. The molecule has 4 nitrogen and oxygen atoms in total. The summed E-state index contributed by atoms with van der Waals surface area (Å²) in [5.74, 6) is 0. The third-order valence-electron chi connectivity index (χ3n) is 6.61. The second-order valence-corrected chi connectivity index (χ2v) is 9.37. The lowest BCUT2D eigenvalue weighted by atomic mass is 10.0. The van der Waals surface area contributed by atoms with Crippen molar-refractivity contribution in [2.45, 2.75) is 25.2 Å². The van der Waals surface area contributed by atoms with Crippen molar-refractivity contribution in [3.05, 3.63) is 58.6 Å². The summed E-state index contributed by atoms with van der Waals surface area (Å²) in [5, 5.41) is 0.696. The number of hydrogen-bond acceptors (Lipinski definition) is 4. The predicted molar refractivity (Wildman–Crippen MR) is 125 cm³/mol. The molecular weight excluding hydrogens is 437 g/mol. The van der Waals surface area contributed by atoms with E-state index in [4.69, 9.17) is 11.6 Å². The maximum Gasteiger partial charge on any atom is 0.416 e. The molecule has 4 rings (SSSR count). The van der Waals surface area contributed by atoms with Gasteiger partial charge in [-0.1, -0.05) is 11.6 Å². The molecule has 2 fully saturated rings. The minimum absolute atomic E-state index is 0.308. The zero-order chi connectivity index (χ0) is 22.9. The molecule has 2 aliphatic rings. The zero-order valence-corrected chi connectivity index (χ0v) is 19.3. The van der Waals surface area contributed by atoms with Crippen LogP contribution in [0.15, 0.2) is 42.5 Å². The highest BCUT2D eigenvalue weighted by atomic mass is 35.5. The quantitative estimate of drug-likeness (QED) is 0.626. The Morgan fingerprint density at radius 1 is 0.906 bits per heavy atom. The second kappa shape index (κ2) is 9.49. The maximum absolute atomic E-state index is 13.7. The van der Waals surface area contributed by atoms with Gasteiger partial charge in [0.2, 0.25) is 0 Å². The average Bonchev–Trinajstić information content (AvgIpc) is 3.25. The first-order valence-electron chi connectivity index (χ1n) is 11.0. The van der Waals surface area contributed by atoms with Gasteiger partial charge in [0, 0.05) is 68.3 Å². The van der Waals surface area contributed by atoms with Crippen LogP contribution in [0.3, 0.4) is 0 Å². The molecule has 1 atom stereocenters. The lowest BCUT2D eigenvalue weighted by Gasteiger charge is -2.36. The molecule has 0 radical (unpaired) electrons. The fourth-order valence-electron chi connectivity index (χ4n) is 4.64. The van der Waals surface area contributed by atoms with Crippen LogP contribution < -0.4 is 9.80 Å². The van der Waals surface area contributed by atoms with Crippen molar-refractivity contribution < 1.29 is 13.2 Å². The topological polar surface area (TPSA) is 13.0 Å². The lowest BCUT2D eigenvalue weighted by molar-refractivity contribution is -0.138. The summed E-state index contributed by atoms with van der Waals surface area (Å²) in [6.45, 7) is 5.01. The molecule has 0 aliphatic carbocycles. The zero-order valence-electron chi connectivity index (χ0n) is 18.6. The summed E-state index contributed by atoms with van der Waals surface area (Å²) in [6, 6.07) is 12.8. The van der Waals surface area contributed by atoms with E-state index in [0.717, 1.165) is 57.1 Å². The Hall–Kier alpha value is -1.96. The highest BCUT2D eigenvalue weighted by Crippen LogP contribution is 2.35. The molecule has 2 aromatic rings. The van der Waals surface area contributed by atoms with Crippen LogP contribution in [0.5, 0.6) is 0 Å². The van der Waals surface area contributed by atoms with Crippen LogP contribution in [-0.2, 0) is 12.7 Å². The average molecular weight is 467 g/mol. The summed E-state index contributed by atoms with van der Waals surface area (Å²) in [6.07, 6.45) is -3.33. The van der Waals surface area contributed by atoms with Crippen LogP contribution in [0.4, 0.5) is 24.5 Å². The molecule has 8 heteroatoms. The number of nitrogens with zero attached hydrogens (tertiary/aromatic N) is 4. The van der Waals surface area contributed by atoms with Crippen LogP contribution in [0.2, 0.25) is 5.02 Å². The predicted octanol–water partition coefficient (Wildman–Crippen LogP) is 4.82. The van der Waals surface area contributed by atoms with Crippen LogP contribution in [0, 0.1) is 0 Å². The van der Waals surface area contributed by atoms with E-state index in [0.29, 0.717) is 23.2 Å². The van der Waals surface area contributed by atoms with Gasteiger partial charge in [-0.25, -0.2) is 0 Å². The van der Waals surface area contributed by atoms with Gasteiger partial charge >= 0.3 is 6.18 Å². The molecule has 174 valence electrons. The second-order valence-electron chi connectivity index (χ2n) is 8.93. The van der Waals surface area contributed by atoms with Crippen molar-refractivity contribution in [2.75, 3.05) is 63.2 Å². The van der Waals surface area contributed by atoms with E-state index in [1.807, 2.05) is 24.3 Å². The van der Waals surface area contributed by atoms with E-state index >= 15 is 0 Å². The van der Waals surface area contributed by atoms with E-state index in [1.165, 1.54) is 6.07 Å². The van der Waals surface area contributed by atoms with Crippen LogP contribution in [0.25, 0.3) is 0 Å². The highest BCUT2D eigenvalue weighted by molar-refractivity contribution is 6.30. The Morgan fingerprint density at radius 3 is 2.16 bits per heavy atom. The van der Waals surface area contributed by atoms with Gasteiger partial charge in [-0.2, -0.15) is 13.2 Å². The molecule has 0 spiro atoms. The van der Waals surface area contributed by atoms with Crippen molar-refractivity contribution in [1.82, 2.24) is 9.80 Å². The molecule has 2 aliphatic heterocycles. The largest absolute Gasteiger partial charge is 0.416 e. The van der Waals surface area contributed by atoms with Crippen molar-refractivity contribution in [1.29, 1.82) is 0 Å². The number of likely N-dealkylation sites (N-methyl/N-ethyl adjacent to an activating group) is 1. The first-order chi connectivity index (χ1) is 15.2. The van der Waals surface area contributed by atoms with Gasteiger partial charge in [-0.15, -0.1) is 0 Å². The van der Waals surface area contributed by atoms with E-state index in [-0.39, 0.29) is 0 Å². The Kier molecular flexibility index (Phi) is 6.89. The summed E-state index contributed by atoms with van der Waals surface area (Å²) >= 11 is 5.97. The molecule has 2 aromatic carbocycles. The minimum Gasteiger partial charge on any atom is -0.370 e. The van der Waals surface area contributed by atoms with Crippen LogP contribution >= 0.6 is 11.6 Å². The lowest BCUT2D eigenvalue weighted by Crippen LogP contribution is -2.46. The molecule has 1 unspecified atom stereocenters. The Morgan fingerprint density at radius 2 is 1.56 bits per heavy atom. The summed E-state index contributed by atoms with van der Waals surface area (Å²) in [5.41, 5.74) is 1.82. The van der Waals surface area contributed by atoms with Crippen molar-refractivity contribution in [3.63, 3.8) is 0 Å². The van der Waals surface area contributed by atoms with Gasteiger partial charge in [0.1, 0.15) is 0 Å². The fraction of sp³-hybridized carbons (Fsp3) is 0.500. The maximum atomic E-state index is 13.7. The van der Waals surface area contributed by atoms with Crippen LogP contribution in [-0.4, -0.2) is 69.2 Å². The number of halogens is 4. The Bertz CT molecular complexity index is 908. The van der Waals surface area contributed by atoms with Crippen LogP contribution in [0.1, 0.15) is 17.5 Å². The molecule has 0 bridgehead atoms. The van der Waals surface area contributed by atoms with Gasteiger partial charge in [0.15, 0.2) is 0 Å². The molecule has 0 amide bonds. The highest BCUT2D eigenvalue weighted by Gasteiger charge is 2.35. The summed E-state index contributed by atoms with van der Waals surface area (Å²) in [4.78, 5) is 8.75. The minimum atomic E-state index is -4.35. The van der Waals surface area contributed by atoms with Gasteiger partial charge in [0.05, 0.1) is 5.56 Å². The Labute approximate surface area is 193 Å². The number of hydrogen-bond donors (Lipinski definition) is 0. The number of anilines is 2. The fourth-order valence-corrected chi connectivity index (χ4v) is 4.77. The van der Waals surface area contributed by atoms with E-state index in [2.05, 4.69) is 33.7 Å². The number of rotatable bonds is 5. The van der Waals surface area contributed by atoms with E-state index < -0.39 is 11.7 Å². The normalized spacial score (nSPS) is 20.4. The standard InChI is InChI=1S/C24H30ClF3N4/c1-29(2)22-9-10-32(17-22)21-7-8-23(24(26,27)28)18(15-21)16-30-11-13-31(14-12-30)20-5-3-19(25)4-6-20/h3-8,15,22H,9-14,16-17H2,1-2H3. The van der Waals surface area contributed by atoms with Gasteiger partial charge in [-0.05, 0) is 68.5 Å². The first-order valence-corrected chi connectivity index (χ1v) is 11.4. The molecule has 0 aromatic heterocycles. The van der Waals surface area contributed by atoms with Crippen molar-refractivity contribution >= 4 is 23.0 Å². The van der Waals surface area contributed by atoms with Gasteiger partial charge in [0.25, 0.3) is 0 Å². The Balaban J connectivity index is 1.46. The summed E-state index contributed by atoms with van der Waals surface area (Å²) in [7, 11) is 4.10. The number of piperazine rings is 1. The molecule has 2 heterocycles.